The van der Waals surface area contributed by atoms with Crippen LogP contribution in [0.2, 0.25) is 0 Å². The number of aryl methyl sites for hydroxylation is 1. The number of sulfonamides is 1. The van der Waals surface area contributed by atoms with Gasteiger partial charge in [0.05, 0.1) is 11.4 Å². The lowest BCUT2D eigenvalue weighted by Gasteiger charge is -2.33. The van der Waals surface area contributed by atoms with E-state index in [2.05, 4.69) is 5.32 Å². The average Bonchev–Trinajstić information content (AvgIpc) is 2.82. The maximum atomic E-state index is 13.5. The van der Waals surface area contributed by atoms with E-state index in [1.807, 2.05) is 49.4 Å². The van der Waals surface area contributed by atoms with Crippen LogP contribution in [0.4, 0.5) is 0 Å². The van der Waals surface area contributed by atoms with E-state index < -0.39 is 10.0 Å². The molecule has 0 radical (unpaired) electrons. The third-order valence-corrected chi connectivity index (χ3v) is 8.18. The van der Waals surface area contributed by atoms with Gasteiger partial charge in [-0.05, 0) is 48.2 Å². The molecule has 1 N–H and O–H groups in total. The molecule has 0 aliphatic heterocycles. The van der Waals surface area contributed by atoms with Crippen LogP contribution in [0, 0.1) is 6.92 Å². The first-order chi connectivity index (χ1) is 15.4. The smallest absolute Gasteiger partial charge is 0.243 e. The van der Waals surface area contributed by atoms with Crippen molar-refractivity contribution in [2.45, 2.75) is 56.5 Å². The Morgan fingerprint density at radius 1 is 0.938 bits per heavy atom. The summed E-state index contributed by atoms with van der Waals surface area (Å²) in [5.74, 6) is -0.279. The Kier molecular flexibility index (Phi) is 6.92. The predicted octanol–water partition coefficient (Wildman–Crippen LogP) is 4.79. The zero-order valence-electron chi connectivity index (χ0n) is 18.5. The molecule has 3 aromatic carbocycles. The van der Waals surface area contributed by atoms with Crippen molar-refractivity contribution in [1.82, 2.24) is 9.62 Å². The van der Waals surface area contributed by atoms with Crippen molar-refractivity contribution in [1.29, 1.82) is 0 Å². The molecular weight excluding hydrogens is 420 g/mol. The standard InChI is InChI=1S/C26H30N2O3S/c1-20-14-16-24(17-15-20)32(30,31)28(23-11-3-2-4-12-23)19-26(29)27-18-22-10-7-9-21-8-5-6-13-25(21)22/h5-10,13-17,23H,2-4,11-12,18-19H2,1H3,(H,27,29). The number of hydrogen-bond donors (Lipinski definition) is 1. The fourth-order valence-corrected chi connectivity index (χ4v) is 6.10. The summed E-state index contributed by atoms with van der Waals surface area (Å²) in [5, 5.41) is 5.15. The van der Waals surface area contributed by atoms with Crippen LogP contribution < -0.4 is 5.32 Å². The van der Waals surface area contributed by atoms with E-state index >= 15 is 0 Å². The van der Waals surface area contributed by atoms with Gasteiger partial charge >= 0.3 is 0 Å². The van der Waals surface area contributed by atoms with Gasteiger partial charge in [0.15, 0.2) is 0 Å². The van der Waals surface area contributed by atoms with Gasteiger partial charge in [-0.25, -0.2) is 8.42 Å². The molecule has 0 aromatic heterocycles. The van der Waals surface area contributed by atoms with Gasteiger partial charge in [-0.2, -0.15) is 4.31 Å². The number of nitrogens with one attached hydrogen (secondary N) is 1. The van der Waals surface area contributed by atoms with Crippen LogP contribution >= 0.6 is 0 Å². The Balaban J connectivity index is 1.52. The molecule has 0 bridgehead atoms. The first-order valence-electron chi connectivity index (χ1n) is 11.3. The monoisotopic (exact) mass is 450 g/mol. The molecule has 0 atom stereocenters. The van der Waals surface area contributed by atoms with Crippen LogP contribution in [0.15, 0.2) is 71.6 Å². The maximum Gasteiger partial charge on any atom is 0.243 e. The molecule has 0 heterocycles. The number of hydrogen-bond acceptors (Lipinski definition) is 3. The third-order valence-electron chi connectivity index (χ3n) is 6.26. The molecule has 32 heavy (non-hydrogen) atoms. The van der Waals surface area contributed by atoms with Crippen molar-refractivity contribution in [3.63, 3.8) is 0 Å². The van der Waals surface area contributed by atoms with Crippen LogP contribution in [0.5, 0.6) is 0 Å². The van der Waals surface area contributed by atoms with E-state index in [0.29, 0.717) is 6.54 Å². The van der Waals surface area contributed by atoms with Crippen molar-refractivity contribution in [2.75, 3.05) is 6.54 Å². The second-order valence-corrected chi connectivity index (χ2v) is 10.5. The molecule has 1 saturated carbocycles. The van der Waals surface area contributed by atoms with Crippen molar-refractivity contribution >= 4 is 26.7 Å². The summed E-state index contributed by atoms with van der Waals surface area (Å²) in [6.07, 6.45) is 4.68. The molecule has 1 aliphatic carbocycles. The van der Waals surface area contributed by atoms with Gasteiger partial charge in [-0.3, -0.25) is 4.79 Å². The number of fused-ring (bicyclic) bond motifs is 1. The number of benzene rings is 3. The lowest BCUT2D eigenvalue weighted by Crippen LogP contribution is -2.46. The second kappa shape index (κ2) is 9.84. The Morgan fingerprint density at radius 2 is 1.62 bits per heavy atom. The second-order valence-electron chi connectivity index (χ2n) is 8.57. The van der Waals surface area contributed by atoms with Gasteiger partial charge in [0, 0.05) is 12.6 Å². The molecule has 168 valence electrons. The number of rotatable bonds is 7. The number of amides is 1. The van der Waals surface area contributed by atoms with Crippen LogP contribution in [-0.2, 0) is 21.4 Å². The fraction of sp³-hybridized carbons (Fsp3) is 0.346. The van der Waals surface area contributed by atoms with E-state index in [1.54, 1.807) is 24.3 Å². The molecular formula is C26H30N2O3S. The summed E-state index contributed by atoms with van der Waals surface area (Å²) >= 11 is 0. The number of nitrogens with zero attached hydrogens (tertiary/aromatic N) is 1. The van der Waals surface area contributed by atoms with E-state index in [-0.39, 0.29) is 23.4 Å². The van der Waals surface area contributed by atoms with Crippen LogP contribution in [0.25, 0.3) is 10.8 Å². The largest absolute Gasteiger partial charge is 0.351 e. The van der Waals surface area contributed by atoms with Gasteiger partial charge in [0.25, 0.3) is 0 Å². The van der Waals surface area contributed by atoms with Gasteiger partial charge in [-0.15, -0.1) is 0 Å². The van der Waals surface area contributed by atoms with Gasteiger partial charge < -0.3 is 5.32 Å². The zero-order chi connectivity index (χ0) is 22.6. The number of carbonyl (C=O) groups is 1. The summed E-state index contributed by atoms with van der Waals surface area (Å²) in [5.41, 5.74) is 2.02. The Labute approximate surface area is 190 Å². The van der Waals surface area contributed by atoms with Crippen LogP contribution in [0.1, 0.15) is 43.2 Å². The van der Waals surface area contributed by atoms with Crippen LogP contribution in [-0.4, -0.2) is 31.2 Å². The molecule has 1 amide bonds. The molecule has 1 fully saturated rings. The van der Waals surface area contributed by atoms with Crippen molar-refractivity contribution in [3.8, 4) is 0 Å². The van der Waals surface area contributed by atoms with E-state index in [9.17, 15) is 13.2 Å². The highest BCUT2D eigenvalue weighted by molar-refractivity contribution is 7.89. The Morgan fingerprint density at radius 3 is 2.38 bits per heavy atom. The number of carbonyl (C=O) groups excluding carboxylic acids is 1. The molecule has 0 spiro atoms. The summed E-state index contributed by atoms with van der Waals surface area (Å²) in [6, 6.07) is 20.8. The predicted molar refractivity (Wildman–Crippen MR) is 128 cm³/mol. The SMILES string of the molecule is Cc1ccc(S(=O)(=O)N(CC(=O)NCc2cccc3ccccc23)C2CCCCC2)cc1. The minimum Gasteiger partial charge on any atom is -0.351 e. The fourth-order valence-electron chi connectivity index (χ4n) is 4.46. The molecule has 0 unspecified atom stereocenters. The quantitative estimate of drug-likeness (QED) is 0.563. The Hall–Kier alpha value is -2.70. The van der Waals surface area contributed by atoms with Crippen molar-refractivity contribution in [3.05, 3.63) is 77.9 Å². The van der Waals surface area contributed by atoms with Crippen LogP contribution in [0.3, 0.4) is 0 Å². The van der Waals surface area contributed by atoms with Crippen molar-refractivity contribution < 1.29 is 13.2 Å². The lowest BCUT2D eigenvalue weighted by molar-refractivity contribution is -0.121. The topological polar surface area (TPSA) is 66.5 Å². The molecule has 4 rings (SSSR count). The highest BCUT2D eigenvalue weighted by Crippen LogP contribution is 2.28. The van der Waals surface area contributed by atoms with Gasteiger partial charge in [-0.1, -0.05) is 79.4 Å². The molecule has 6 heteroatoms. The minimum absolute atomic E-state index is 0.140. The first kappa shape index (κ1) is 22.5. The highest BCUT2D eigenvalue weighted by Gasteiger charge is 2.33. The minimum atomic E-state index is -3.76. The maximum absolute atomic E-state index is 13.5. The summed E-state index contributed by atoms with van der Waals surface area (Å²) in [7, 11) is -3.76. The zero-order valence-corrected chi connectivity index (χ0v) is 19.3. The van der Waals surface area contributed by atoms with E-state index in [1.165, 1.54) is 4.31 Å². The van der Waals surface area contributed by atoms with Gasteiger partial charge in [0.1, 0.15) is 0 Å². The first-order valence-corrected chi connectivity index (χ1v) is 12.7. The molecule has 0 saturated heterocycles. The molecule has 3 aromatic rings. The van der Waals surface area contributed by atoms with Crippen molar-refractivity contribution in [2.24, 2.45) is 0 Å². The van der Waals surface area contributed by atoms with E-state index in [4.69, 9.17) is 0 Å². The lowest BCUT2D eigenvalue weighted by atomic mass is 9.95. The van der Waals surface area contributed by atoms with Gasteiger partial charge in [0.2, 0.25) is 15.9 Å². The average molecular weight is 451 g/mol. The summed E-state index contributed by atoms with van der Waals surface area (Å²) in [6.45, 7) is 2.13. The summed E-state index contributed by atoms with van der Waals surface area (Å²) < 4.78 is 28.4. The molecule has 5 nitrogen and oxygen atoms in total. The third kappa shape index (κ3) is 5.03. The summed E-state index contributed by atoms with van der Waals surface area (Å²) in [4.78, 5) is 13.2. The molecule has 1 aliphatic rings. The Bertz CT molecular complexity index is 1180. The highest BCUT2D eigenvalue weighted by atomic mass is 32.2. The normalized spacial score (nSPS) is 15.2. The van der Waals surface area contributed by atoms with E-state index in [0.717, 1.165) is 54.0 Å².